The molecule has 1 amide bonds. The average Bonchev–Trinajstić information content (AvgIpc) is 2.56. The molecule has 0 spiro atoms. The van der Waals surface area contributed by atoms with E-state index in [2.05, 4.69) is 10.2 Å². The highest BCUT2D eigenvalue weighted by molar-refractivity contribution is 6.33. The number of nitrogens with zero attached hydrogens (tertiary/aromatic N) is 2. The van der Waals surface area contributed by atoms with Crippen LogP contribution in [-0.2, 0) is 4.79 Å². The van der Waals surface area contributed by atoms with Crippen LogP contribution in [0.1, 0.15) is 19.3 Å². The van der Waals surface area contributed by atoms with Gasteiger partial charge in [0, 0.05) is 26.2 Å². The summed E-state index contributed by atoms with van der Waals surface area (Å²) in [6.45, 7) is 4.23. The Kier molecular flexibility index (Phi) is 8.48. The number of carbonyl (C=O) groups is 1. The molecule has 0 aromatic heterocycles. The van der Waals surface area contributed by atoms with Crippen molar-refractivity contribution in [2.75, 3.05) is 37.6 Å². The number of halogens is 3. The molecule has 1 aromatic rings. The number of amides is 1. The van der Waals surface area contributed by atoms with E-state index in [9.17, 15) is 4.79 Å². The van der Waals surface area contributed by atoms with Crippen LogP contribution in [0, 0.1) is 0 Å². The highest BCUT2D eigenvalue weighted by atomic mass is 35.5. The highest BCUT2D eigenvalue weighted by Crippen LogP contribution is 2.26. The zero-order valence-corrected chi connectivity index (χ0v) is 15.4. The number of carbonyl (C=O) groups excluding carboxylic acids is 1. The third-order valence-corrected chi connectivity index (χ3v) is 4.71. The van der Waals surface area contributed by atoms with Gasteiger partial charge in [0.25, 0.3) is 0 Å². The molecule has 2 aliphatic heterocycles. The molecule has 3 rings (SSSR count). The molecule has 4 nitrogen and oxygen atoms in total. The summed E-state index contributed by atoms with van der Waals surface area (Å²) >= 11 is 6.25. The number of rotatable bonds is 2. The second kappa shape index (κ2) is 9.58. The minimum absolute atomic E-state index is 0. The molecular weight excluding hydrogens is 357 g/mol. The fraction of sp³-hybridized carbons (Fsp3) is 0.562. The van der Waals surface area contributed by atoms with Crippen LogP contribution >= 0.6 is 36.4 Å². The predicted molar refractivity (Wildman–Crippen MR) is 100 cm³/mol. The summed E-state index contributed by atoms with van der Waals surface area (Å²) in [4.78, 5) is 16.7. The summed E-state index contributed by atoms with van der Waals surface area (Å²) in [5.41, 5.74) is 1.07. The second-order valence-electron chi connectivity index (χ2n) is 5.77. The fourth-order valence-corrected chi connectivity index (χ4v) is 3.41. The summed E-state index contributed by atoms with van der Waals surface area (Å²) in [6, 6.07) is 7.94. The Bertz CT molecular complexity index is 501. The van der Waals surface area contributed by atoms with Gasteiger partial charge in [-0.1, -0.05) is 30.2 Å². The lowest BCUT2D eigenvalue weighted by Gasteiger charge is -2.38. The molecule has 2 fully saturated rings. The number of para-hydroxylation sites is 1. The Morgan fingerprint density at radius 1 is 1.09 bits per heavy atom. The van der Waals surface area contributed by atoms with Crippen LogP contribution in [0.15, 0.2) is 24.3 Å². The predicted octanol–water partition coefficient (Wildman–Crippen LogP) is 2.97. The van der Waals surface area contributed by atoms with Gasteiger partial charge >= 0.3 is 0 Å². The van der Waals surface area contributed by atoms with E-state index < -0.39 is 0 Å². The van der Waals surface area contributed by atoms with Crippen LogP contribution in [0.25, 0.3) is 0 Å². The number of piperidine rings is 1. The molecule has 2 saturated heterocycles. The molecule has 2 heterocycles. The van der Waals surface area contributed by atoms with Crippen molar-refractivity contribution in [3.05, 3.63) is 29.3 Å². The van der Waals surface area contributed by atoms with Crippen molar-refractivity contribution in [3.63, 3.8) is 0 Å². The molecule has 0 aliphatic carbocycles. The lowest BCUT2D eigenvalue weighted by molar-refractivity contribution is -0.134. The Balaban J connectivity index is 0.00000132. The van der Waals surface area contributed by atoms with E-state index in [4.69, 9.17) is 11.6 Å². The van der Waals surface area contributed by atoms with Gasteiger partial charge in [-0.3, -0.25) is 4.79 Å². The van der Waals surface area contributed by atoms with Gasteiger partial charge < -0.3 is 15.1 Å². The molecule has 23 heavy (non-hydrogen) atoms. The molecule has 0 radical (unpaired) electrons. The SMILES string of the molecule is Cl.Cl.O=C(C1CCCCN1)N1CCN(c2ccccc2Cl)CC1. The number of hydrogen-bond donors (Lipinski definition) is 1. The molecule has 1 unspecified atom stereocenters. The number of piperazine rings is 1. The van der Waals surface area contributed by atoms with E-state index in [0.29, 0.717) is 0 Å². The van der Waals surface area contributed by atoms with Crippen LogP contribution < -0.4 is 10.2 Å². The van der Waals surface area contributed by atoms with E-state index in [1.807, 2.05) is 29.2 Å². The van der Waals surface area contributed by atoms with Crippen molar-refractivity contribution in [2.45, 2.75) is 25.3 Å². The van der Waals surface area contributed by atoms with Gasteiger partial charge in [0.05, 0.1) is 16.8 Å². The van der Waals surface area contributed by atoms with E-state index in [1.54, 1.807) is 0 Å². The van der Waals surface area contributed by atoms with Crippen LogP contribution in [0.4, 0.5) is 5.69 Å². The number of benzene rings is 1. The Morgan fingerprint density at radius 2 is 1.78 bits per heavy atom. The zero-order chi connectivity index (χ0) is 14.7. The number of nitrogens with one attached hydrogen (secondary N) is 1. The molecular formula is C16H24Cl3N3O. The zero-order valence-electron chi connectivity index (χ0n) is 13.0. The average molecular weight is 381 g/mol. The smallest absolute Gasteiger partial charge is 0.239 e. The van der Waals surface area contributed by atoms with Crippen LogP contribution in [0.3, 0.4) is 0 Å². The van der Waals surface area contributed by atoms with Crippen LogP contribution in [0.5, 0.6) is 0 Å². The third-order valence-electron chi connectivity index (χ3n) is 4.39. The van der Waals surface area contributed by atoms with Gasteiger partial charge in [-0.05, 0) is 31.5 Å². The number of hydrogen-bond acceptors (Lipinski definition) is 3. The minimum Gasteiger partial charge on any atom is -0.367 e. The van der Waals surface area contributed by atoms with E-state index >= 15 is 0 Å². The molecule has 0 bridgehead atoms. The van der Waals surface area contributed by atoms with Crippen molar-refractivity contribution >= 4 is 48.0 Å². The first kappa shape index (κ1) is 20.4. The highest BCUT2D eigenvalue weighted by Gasteiger charge is 2.28. The van der Waals surface area contributed by atoms with Crippen molar-refractivity contribution in [1.29, 1.82) is 0 Å². The summed E-state index contributed by atoms with van der Waals surface area (Å²) in [5.74, 6) is 0.272. The van der Waals surface area contributed by atoms with Crippen molar-refractivity contribution < 1.29 is 4.79 Å². The third kappa shape index (κ3) is 4.90. The maximum Gasteiger partial charge on any atom is 0.239 e. The molecule has 130 valence electrons. The summed E-state index contributed by atoms with van der Waals surface area (Å²) in [5, 5.41) is 4.13. The van der Waals surface area contributed by atoms with Crippen molar-refractivity contribution in [2.24, 2.45) is 0 Å². The van der Waals surface area contributed by atoms with Gasteiger partial charge in [-0.2, -0.15) is 0 Å². The summed E-state index contributed by atoms with van der Waals surface area (Å²) in [7, 11) is 0. The monoisotopic (exact) mass is 379 g/mol. The Labute approximate surface area is 155 Å². The fourth-order valence-electron chi connectivity index (χ4n) is 3.16. The standard InChI is InChI=1S/C16H22ClN3O.2ClH/c17-13-5-1-2-7-15(13)19-9-11-20(12-10-19)16(21)14-6-3-4-8-18-14;;/h1-2,5,7,14,18H,3-4,6,8-12H2;2*1H. The van der Waals surface area contributed by atoms with Crippen molar-refractivity contribution in [1.82, 2.24) is 10.2 Å². The second-order valence-corrected chi connectivity index (χ2v) is 6.17. The van der Waals surface area contributed by atoms with Crippen LogP contribution in [-0.4, -0.2) is 49.6 Å². The largest absolute Gasteiger partial charge is 0.367 e. The normalized spacial score (nSPS) is 21.2. The first-order chi connectivity index (χ1) is 10.3. The Morgan fingerprint density at radius 3 is 2.39 bits per heavy atom. The van der Waals surface area contributed by atoms with Gasteiger partial charge in [0.2, 0.25) is 5.91 Å². The maximum absolute atomic E-state index is 12.5. The van der Waals surface area contributed by atoms with E-state index in [1.165, 1.54) is 6.42 Å². The summed E-state index contributed by atoms with van der Waals surface area (Å²) < 4.78 is 0. The molecule has 1 N–H and O–H groups in total. The molecule has 1 atom stereocenters. The van der Waals surface area contributed by atoms with E-state index in [-0.39, 0.29) is 36.8 Å². The first-order valence-corrected chi connectivity index (χ1v) is 8.15. The quantitative estimate of drug-likeness (QED) is 0.857. The van der Waals surface area contributed by atoms with E-state index in [0.717, 1.165) is 56.3 Å². The molecule has 2 aliphatic rings. The first-order valence-electron chi connectivity index (χ1n) is 7.77. The minimum atomic E-state index is 0. The van der Waals surface area contributed by atoms with Crippen LogP contribution in [0.2, 0.25) is 5.02 Å². The van der Waals surface area contributed by atoms with Gasteiger partial charge in [0.15, 0.2) is 0 Å². The Hall–Kier alpha value is -0.680. The molecule has 0 saturated carbocycles. The van der Waals surface area contributed by atoms with Gasteiger partial charge in [0.1, 0.15) is 0 Å². The van der Waals surface area contributed by atoms with Crippen molar-refractivity contribution in [3.8, 4) is 0 Å². The molecule has 1 aromatic carbocycles. The molecule has 7 heteroatoms. The summed E-state index contributed by atoms with van der Waals surface area (Å²) in [6.07, 6.45) is 3.32. The maximum atomic E-state index is 12.5. The van der Waals surface area contributed by atoms with Gasteiger partial charge in [-0.15, -0.1) is 24.8 Å². The lowest BCUT2D eigenvalue weighted by atomic mass is 10.0. The lowest BCUT2D eigenvalue weighted by Crippen LogP contribution is -2.55. The van der Waals surface area contributed by atoms with Gasteiger partial charge in [-0.25, -0.2) is 0 Å². The topological polar surface area (TPSA) is 35.6 Å². The number of anilines is 1.